The molecule has 0 spiro atoms. The molecule has 0 saturated heterocycles. The molecule has 1 unspecified atom stereocenters. The predicted molar refractivity (Wildman–Crippen MR) is 155 cm³/mol. The fourth-order valence-corrected chi connectivity index (χ4v) is 8.58. The van der Waals surface area contributed by atoms with Gasteiger partial charge in [0, 0.05) is 25.7 Å². The number of fused-ring (bicyclic) bond motifs is 4. The van der Waals surface area contributed by atoms with E-state index in [4.69, 9.17) is 4.74 Å². The van der Waals surface area contributed by atoms with Gasteiger partial charge in [0.15, 0.2) is 0 Å². The van der Waals surface area contributed by atoms with Crippen molar-refractivity contribution in [3.63, 3.8) is 0 Å². The number of carbonyl (C=O) groups is 1. The topological polar surface area (TPSA) is 75.7 Å². The van der Waals surface area contributed by atoms with Crippen LogP contribution in [0.5, 0.6) is 0 Å². The van der Waals surface area contributed by atoms with Gasteiger partial charge in [-0.25, -0.2) is 8.42 Å². The van der Waals surface area contributed by atoms with Crippen LogP contribution in [0.15, 0.2) is 71.6 Å². The molecule has 10 heteroatoms. The normalized spacial score (nSPS) is 24.3. The van der Waals surface area contributed by atoms with Crippen LogP contribution in [0.4, 0.5) is 13.2 Å². The third-order valence-electron chi connectivity index (χ3n) is 8.85. The van der Waals surface area contributed by atoms with Crippen LogP contribution in [0, 0.1) is 11.8 Å². The van der Waals surface area contributed by atoms with Crippen LogP contribution >= 0.6 is 0 Å². The number of ether oxygens (including phenoxy) is 1. The van der Waals surface area contributed by atoms with Crippen LogP contribution in [-0.4, -0.2) is 43.4 Å². The maximum atomic E-state index is 14.4. The highest BCUT2D eigenvalue weighted by molar-refractivity contribution is 7.89. The van der Waals surface area contributed by atoms with Crippen LogP contribution in [0.25, 0.3) is 10.8 Å². The van der Waals surface area contributed by atoms with E-state index in [1.165, 1.54) is 10.4 Å². The monoisotopic (exact) mass is 602 g/mol. The highest BCUT2D eigenvalue weighted by atomic mass is 32.2. The minimum absolute atomic E-state index is 0.0179. The Kier molecular flexibility index (Phi) is 8.70. The Morgan fingerprint density at radius 2 is 1.81 bits per heavy atom. The number of amides is 1. The Morgan fingerprint density at radius 3 is 2.55 bits per heavy atom. The Balaban J connectivity index is 1.59. The minimum Gasteiger partial charge on any atom is -0.374 e. The molecule has 2 bridgehead atoms. The van der Waals surface area contributed by atoms with Gasteiger partial charge >= 0.3 is 6.18 Å². The lowest BCUT2D eigenvalue weighted by atomic mass is 9.59. The molecule has 3 aromatic rings. The number of nitrogens with one attached hydrogen (secondary N) is 1. The van der Waals surface area contributed by atoms with E-state index in [-0.39, 0.29) is 18.4 Å². The number of sulfonamides is 1. The van der Waals surface area contributed by atoms with Crippen molar-refractivity contribution in [1.29, 1.82) is 0 Å². The Hall–Kier alpha value is -2.95. The highest BCUT2D eigenvalue weighted by Crippen LogP contribution is 2.53. The molecule has 0 aliphatic heterocycles. The van der Waals surface area contributed by atoms with Crippen molar-refractivity contribution in [3.8, 4) is 0 Å². The molecule has 42 heavy (non-hydrogen) atoms. The van der Waals surface area contributed by atoms with E-state index in [0.717, 1.165) is 34.9 Å². The summed E-state index contributed by atoms with van der Waals surface area (Å²) in [6.45, 7) is 4.72. The third-order valence-corrected chi connectivity index (χ3v) is 10.7. The number of alkyl halides is 3. The van der Waals surface area contributed by atoms with Gasteiger partial charge in [0.2, 0.25) is 15.9 Å². The van der Waals surface area contributed by atoms with Crippen molar-refractivity contribution in [1.82, 2.24) is 9.62 Å². The van der Waals surface area contributed by atoms with Gasteiger partial charge in [-0.15, -0.1) is 0 Å². The van der Waals surface area contributed by atoms with Gasteiger partial charge in [0.1, 0.15) is 0 Å². The molecule has 226 valence electrons. The lowest BCUT2D eigenvalue weighted by Crippen LogP contribution is -2.63. The summed E-state index contributed by atoms with van der Waals surface area (Å²) in [5.41, 5.74) is -1.11. The van der Waals surface area contributed by atoms with Crippen molar-refractivity contribution in [2.24, 2.45) is 11.8 Å². The fourth-order valence-electron chi connectivity index (χ4n) is 6.87. The van der Waals surface area contributed by atoms with E-state index < -0.39 is 44.2 Å². The molecule has 0 aromatic heterocycles. The molecule has 1 amide bonds. The number of rotatable bonds is 10. The number of halogens is 3. The van der Waals surface area contributed by atoms with Gasteiger partial charge in [-0.3, -0.25) is 4.79 Å². The first-order valence-corrected chi connectivity index (χ1v) is 16.0. The van der Waals surface area contributed by atoms with E-state index in [1.807, 2.05) is 56.3 Å². The average molecular weight is 603 g/mol. The summed E-state index contributed by atoms with van der Waals surface area (Å²) in [6, 6.07) is 16.7. The molecule has 3 aliphatic rings. The van der Waals surface area contributed by atoms with Crippen LogP contribution in [-0.2, 0) is 32.3 Å². The first-order chi connectivity index (χ1) is 20.0. The van der Waals surface area contributed by atoms with Crippen molar-refractivity contribution >= 4 is 26.7 Å². The number of nitrogens with zero attached hydrogens (tertiary/aromatic N) is 1. The van der Waals surface area contributed by atoms with Gasteiger partial charge in [-0.05, 0) is 79.5 Å². The smallest absolute Gasteiger partial charge is 0.374 e. The Morgan fingerprint density at radius 1 is 1.07 bits per heavy atom. The molecule has 3 aromatic carbocycles. The zero-order chi connectivity index (χ0) is 30.1. The van der Waals surface area contributed by atoms with E-state index in [1.54, 1.807) is 0 Å². The summed E-state index contributed by atoms with van der Waals surface area (Å²) in [4.78, 5) is 12.9. The van der Waals surface area contributed by atoms with Gasteiger partial charge in [-0.2, -0.15) is 17.5 Å². The molecule has 3 aliphatic carbocycles. The summed E-state index contributed by atoms with van der Waals surface area (Å²) < 4.78 is 77.4. The first-order valence-electron chi connectivity index (χ1n) is 14.6. The van der Waals surface area contributed by atoms with Gasteiger partial charge in [0.05, 0.1) is 22.0 Å². The van der Waals surface area contributed by atoms with E-state index in [9.17, 15) is 26.4 Å². The molecule has 4 atom stereocenters. The number of benzene rings is 3. The van der Waals surface area contributed by atoms with Crippen molar-refractivity contribution in [2.45, 2.75) is 75.2 Å². The molecule has 3 fully saturated rings. The van der Waals surface area contributed by atoms with E-state index in [2.05, 4.69) is 5.32 Å². The Bertz CT molecular complexity index is 1530. The summed E-state index contributed by atoms with van der Waals surface area (Å²) in [5.74, 6) is -0.662. The summed E-state index contributed by atoms with van der Waals surface area (Å²) in [7, 11) is -4.39. The third kappa shape index (κ3) is 5.81. The van der Waals surface area contributed by atoms with Gasteiger partial charge in [-0.1, -0.05) is 55.5 Å². The second-order valence-electron chi connectivity index (χ2n) is 11.4. The fraction of sp³-hybridized carbons (Fsp3) is 0.469. The summed E-state index contributed by atoms with van der Waals surface area (Å²) in [6.07, 6.45) is -1.87. The second kappa shape index (κ2) is 12.0. The van der Waals surface area contributed by atoms with Gasteiger partial charge < -0.3 is 10.1 Å². The predicted octanol–water partition coefficient (Wildman–Crippen LogP) is 6.54. The molecule has 1 N–H and O–H groups in total. The van der Waals surface area contributed by atoms with Crippen LogP contribution in [0.2, 0.25) is 0 Å². The van der Waals surface area contributed by atoms with Crippen molar-refractivity contribution in [2.75, 3.05) is 13.2 Å². The molecule has 3 saturated carbocycles. The van der Waals surface area contributed by atoms with Crippen LogP contribution in [0.3, 0.4) is 0 Å². The quantitative estimate of drug-likeness (QED) is 0.286. The maximum Gasteiger partial charge on any atom is 0.416 e. The molecular formula is C32H37F3N2O4S. The minimum atomic E-state index is -4.69. The van der Waals surface area contributed by atoms with E-state index in [0.29, 0.717) is 44.9 Å². The molecule has 6 rings (SSSR count). The average Bonchev–Trinajstić information content (AvgIpc) is 2.98. The Labute approximate surface area is 245 Å². The second-order valence-corrected chi connectivity index (χ2v) is 13.3. The largest absolute Gasteiger partial charge is 0.416 e. The molecule has 6 nitrogen and oxygen atoms in total. The van der Waals surface area contributed by atoms with Crippen molar-refractivity contribution < 1.29 is 31.1 Å². The standard InChI is InChI=1S/C32H37F3N2O4S/c1-3-17-36-30(38)28-18-23-15-16-31(28,41-4-2)20-29(23)37(21-24-11-7-10-22-9-5-6-14-27(22)24)42(39,40)26-13-8-12-25(19-26)32(33,34)35/h5-14,19,23,28-29H,3-4,15-18,20-21H2,1-2H3,(H,36,38)/t23-,28+,29?,31+/m1/s1. The highest BCUT2D eigenvalue weighted by Gasteiger charge is 2.58. The van der Waals surface area contributed by atoms with Crippen molar-refractivity contribution in [3.05, 3.63) is 77.9 Å². The first kappa shape index (κ1) is 30.5. The van der Waals surface area contributed by atoms with Crippen LogP contribution < -0.4 is 5.32 Å². The zero-order valence-electron chi connectivity index (χ0n) is 23.9. The summed E-state index contributed by atoms with van der Waals surface area (Å²) in [5, 5.41) is 4.81. The van der Waals surface area contributed by atoms with Crippen LogP contribution in [0.1, 0.15) is 57.1 Å². The number of hydrogen-bond acceptors (Lipinski definition) is 4. The molecular weight excluding hydrogens is 565 g/mol. The maximum absolute atomic E-state index is 14.4. The van der Waals surface area contributed by atoms with Gasteiger partial charge in [0.25, 0.3) is 0 Å². The molecule has 0 radical (unpaired) electrons. The lowest BCUT2D eigenvalue weighted by Gasteiger charge is -2.56. The summed E-state index contributed by atoms with van der Waals surface area (Å²) >= 11 is 0. The number of carbonyl (C=O) groups excluding carboxylic acids is 1. The molecule has 0 heterocycles. The SMILES string of the molecule is CCCNC(=O)[C@@H]1C[C@H]2CC[C@]1(OCC)CC2N(Cc1cccc2ccccc12)S(=O)(=O)c1cccc(C(F)(F)F)c1. The lowest BCUT2D eigenvalue weighted by molar-refractivity contribution is -0.176. The van der Waals surface area contributed by atoms with E-state index >= 15 is 0 Å². The number of hydrogen-bond donors (Lipinski definition) is 1. The zero-order valence-corrected chi connectivity index (χ0v) is 24.7.